The van der Waals surface area contributed by atoms with E-state index in [0.717, 1.165) is 52.3 Å². The van der Waals surface area contributed by atoms with Crippen molar-refractivity contribution in [1.29, 1.82) is 0 Å². The minimum atomic E-state index is 0.00508. The molecule has 1 saturated heterocycles. The third-order valence-corrected chi connectivity index (χ3v) is 4.42. The maximum absolute atomic E-state index is 6.32. The van der Waals surface area contributed by atoms with Gasteiger partial charge in [0.1, 0.15) is 6.10 Å². The lowest BCUT2D eigenvalue weighted by Gasteiger charge is -2.26. The molecule has 2 aromatic carbocycles. The minimum Gasteiger partial charge on any atom is -0.381 e. The van der Waals surface area contributed by atoms with Crippen molar-refractivity contribution in [3.8, 4) is 0 Å². The summed E-state index contributed by atoms with van der Waals surface area (Å²) in [7, 11) is 0. The molecule has 0 amide bonds. The fourth-order valence-corrected chi connectivity index (χ4v) is 3.16. The molecule has 128 valence electrons. The Morgan fingerprint density at radius 1 is 0.833 bits per heavy atom. The van der Waals surface area contributed by atoms with Crippen LogP contribution < -0.4 is 0 Å². The molecule has 0 saturated carbocycles. The van der Waals surface area contributed by atoms with Gasteiger partial charge in [-0.2, -0.15) is 0 Å². The zero-order chi connectivity index (χ0) is 16.5. The highest BCUT2D eigenvalue weighted by molar-refractivity contribution is 5.29. The summed E-state index contributed by atoms with van der Waals surface area (Å²) in [6, 6.07) is 21.0. The van der Waals surface area contributed by atoms with Gasteiger partial charge in [0.2, 0.25) is 0 Å². The first-order valence-corrected chi connectivity index (χ1v) is 8.95. The van der Waals surface area contributed by atoms with Gasteiger partial charge in [0, 0.05) is 32.8 Å². The molecule has 2 aromatic rings. The van der Waals surface area contributed by atoms with Crippen LogP contribution in [0.3, 0.4) is 0 Å². The summed E-state index contributed by atoms with van der Waals surface area (Å²) in [5.41, 5.74) is 2.43. The van der Waals surface area contributed by atoms with Crippen molar-refractivity contribution in [2.24, 2.45) is 0 Å². The van der Waals surface area contributed by atoms with Gasteiger partial charge in [0.25, 0.3) is 0 Å². The SMILES string of the molecule is c1ccc(C(OCCN2CCCOCCC2)c2ccccc2)cc1. The van der Waals surface area contributed by atoms with Crippen molar-refractivity contribution in [2.75, 3.05) is 39.5 Å². The molecule has 3 rings (SSSR count). The predicted octanol–water partition coefficient (Wildman–Crippen LogP) is 3.91. The molecule has 0 atom stereocenters. The van der Waals surface area contributed by atoms with Gasteiger partial charge >= 0.3 is 0 Å². The largest absolute Gasteiger partial charge is 0.381 e. The van der Waals surface area contributed by atoms with Crippen molar-refractivity contribution in [3.63, 3.8) is 0 Å². The third kappa shape index (κ3) is 5.17. The van der Waals surface area contributed by atoms with Crippen LogP contribution in [0.4, 0.5) is 0 Å². The quantitative estimate of drug-likeness (QED) is 0.804. The average Bonchev–Trinajstić information content (AvgIpc) is 2.62. The van der Waals surface area contributed by atoms with E-state index in [2.05, 4.69) is 53.4 Å². The molecule has 0 N–H and O–H groups in total. The van der Waals surface area contributed by atoms with Crippen LogP contribution in [0.5, 0.6) is 0 Å². The van der Waals surface area contributed by atoms with Gasteiger partial charge in [0.05, 0.1) is 6.61 Å². The Bertz CT molecular complexity index is 525. The van der Waals surface area contributed by atoms with Gasteiger partial charge in [-0.15, -0.1) is 0 Å². The lowest BCUT2D eigenvalue weighted by molar-refractivity contribution is 0.0439. The summed E-state index contributed by atoms with van der Waals surface area (Å²) in [6.45, 7) is 5.70. The van der Waals surface area contributed by atoms with Crippen molar-refractivity contribution in [3.05, 3.63) is 71.8 Å². The summed E-state index contributed by atoms with van der Waals surface area (Å²) >= 11 is 0. The van der Waals surface area contributed by atoms with E-state index >= 15 is 0 Å². The first-order chi connectivity index (χ1) is 11.9. The molecule has 3 heteroatoms. The molecule has 0 unspecified atom stereocenters. The lowest BCUT2D eigenvalue weighted by Crippen LogP contribution is -2.33. The molecular formula is C21H27NO2. The Morgan fingerprint density at radius 2 is 1.38 bits per heavy atom. The van der Waals surface area contributed by atoms with E-state index in [1.54, 1.807) is 0 Å². The summed E-state index contributed by atoms with van der Waals surface area (Å²) in [6.07, 6.45) is 2.23. The highest BCUT2D eigenvalue weighted by atomic mass is 16.5. The molecule has 0 bridgehead atoms. The third-order valence-electron chi connectivity index (χ3n) is 4.42. The van der Waals surface area contributed by atoms with Crippen LogP contribution in [-0.4, -0.2) is 44.4 Å². The molecule has 0 spiro atoms. The Balaban J connectivity index is 1.60. The van der Waals surface area contributed by atoms with Crippen LogP contribution in [-0.2, 0) is 9.47 Å². The predicted molar refractivity (Wildman–Crippen MR) is 97.2 cm³/mol. The second-order valence-corrected chi connectivity index (χ2v) is 6.23. The average molecular weight is 325 g/mol. The Morgan fingerprint density at radius 3 is 1.92 bits per heavy atom. The van der Waals surface area contributed by atoms with Crippen molar-refractivity contribution in [1.82, 2.24) is 4.90 Å². The fourth-order valence-electron chi connectivity index (χ4n) is 3.16. The molecular weight excluding hydrogens is 298 g/mol. The van der Waals surface area contributed by atoms with Crippen molar-refractivity contribution in [2.45, 2.75) is 18.9 Å². The standard InChI is InChI=1S/C21H27NO2/c1-3-9-19(10-4-1)21(20-11-5-2-6-12-20)24-18-15-22-13-7-16-23-17-8-14-22/h1-6,9-12,21H,7-8,13-18H2. The molecule has 0 radical (unpaired) electrons. The zero-order valence-corrected chi connectivity index (χ0v) is 14.3. The summed E-state index contributed by atoms with van der Waals surface area (Å²) in [5.74, 6) is 0. The second-order valence-electron chi connectivity index (χ2n) is 6.23. The van der Waals surface area contributed by atoms with Crippen molar-refractivity contribution < 1.29 is 9.47 Å². The number of rotatable bonds is 6. The maximum atomic E-state index is 6.32. The monoisotopic (exact) mass is 325 g/mol. The van der Waals surface area contributed by atoms with E-state index in [1.807, 2.05) is 12.1 Å². The summed E-state index contributed by atoms with van der Waals surface area (Å²) < 4.78 is 11.8. The normalized spacial score (nSPS) is 16.7. The molecule has 1 fully saturated rings. The maximum Gasteiger partial charge on any atom is 0.108 e. The van der Waals surface area contributed by atoms with E-state index in [9.17, 15) is 0 Å². The van der Waals surface area contributed by atoms with Gasteiger partial charge < -0.3 is 14.4 Å². The molecule has 1 heterocycles. The number of ether oxygens (including phenoxy) is 2. The van der Waals surface area contributed by atoms with Gasteiger partial charge in [-0.05, 0) is 24.0 Å². The highest BCUT2D eigenvalue weighted by Crippen LogP contribution is 2.25. The highest BCUT2D eigenvalue weighted by Gasteiger charge is 2.15. The van der Waals surface area contributed by atoms with Crippen LogP contribution >= 0.6 is 0 Å². The summed E-state index contributed by atoms with van der Waals surface area (Å²) in [4.78, 5) is 2.50. The number of nitrogens with zero attached hydrogens (tertiary/aromatic N) is 1. The Labute approximate surface area is 145 Å². The summed E-state index contributed by atoms with van der Waals surface area (Å²) in [5, 5.41) is 0. The fraction of sp³-hybridized carbons (Fsp3) is 0.429. The van der Waals surface area contributed by atoms with Gasteiger partial charge in [-0.25, -0.2) is 0 Å². The molecule has 3 nitrogen and oxygen atoms in total. The Kier molecular flexibility index (Phi) is 6.84. The second kappa shape index (κ2) is 9.58. The van der Waals surface area contributed by atoms with Crippen LogP contribution in [0.1, 0.15) is 30.1 Å². The molecule has 0 aromatic heterocycles. The van der Waals surface area contributed by atoms with E-state index in [1.165, 1.54) is 11.1 Å². The van der Waals surface area contributed by atoms with E-state index in [0.29, 0.717) is 0 Å². The zero-order valence-electron chi connectivity index (χ0n) is 14.3. The minimum absolute atomic E-state index is 0.00508. The van der Waals surface area contributed by atoms with Crippen LogP contribution in [0.25, 0.3) is 0 Å². The van der Waals surface area contributed by atoms with Gasteiger partial charge in [-0.3, -0.25) is 0 Å². The lowest BCUT2D eigenvalue weighted by atomic mass is 10.0. The van der Waals surface area contributed by atoms with Crippen LogP contribution in [0, 0.1) is 0 Å². The van der Waals surface area contributed by atoms with Gasteiger partial charge in [-0.1, -0.05) is 60.7 Å². The molecule has 1 aliphatic rings. The van der Waals surface area contributed by atoms with Crippen molar-refractivity contribution >= 4 is 0 Å². The number of hydrogen-bond donors (Lipinski definition) is 0. The van der Waals surface area contributed by atoms with Gasteiger partial charge in [0.15, 0.2) is 0 Å². The van der Waals surface area contributed by atoms with Crippen LogP contribution in [0.15, 0.2) is 60.7 Å². The van der Waals surface area contributed by atoms with Crippen LogP contribution in [0.2, 0.25) is 0 Å². The number of benzene rings is 2. The topological polar surface area (TPSA) is 21.7 Å². The molecule has 1 aliphatic heterocycles. The van der Waals surface area contributed by atoms with E-state index in [-0.39, 0.29) is 6.10 Å². The smallest absolute Gasteiger partial charge is 0.108 e. The number of hydrogen-bond acceptors (Lipinski definition) is 3. The molecule has 0 aliphatic carbocycles. The van der Waals surface area contributed by atoms with E-state index < -0.39 is 0 Å². The van der Waals surface area contributed by atoms with E-state index in [4.69, 9.17) is 9.47 Å². The first-order valence-electron chi connectivity index (χ1n) is 8.95. The first kappa shape index (κ1) is 17.2. The molecule has 24 heavy (non-hydrogen) atoms. The Hall–Kier alpha value is -1.68.